The number of primary amides is 1. The molecule has 0 heterocycles. The Labute approximate surface area is 124 Å². The molecule has 1 rings (SSSR count). The molecule has 0 unspecified atom stereocenters. The molecule has 7 nitrogen and oxygen atoms in total. The lowest BCUT2D eigenvalue weighted by molar-refractivity contribution is -0.139. The van der Waals surface area contributed by atoms with Crippen LogP contribution in [0.3, 0.4) is 0 Å². The van der Waals surface area contributed by atoms with E-state index in [1.807, 2.05) is 0 Å². The molecule has 0 aromatic carbocycles. The predicted octanol–water partition coefficient (Wildman–Crippen LogP) is 0.831. The fourth-order valence-corrected chi connectivity index (χ4v) is 2.52. The zero-order valence-corrected chi connectivity index (χ0v) is 12.4. The second kappa shape index (κ2) is 8.49. The second-order valence-electron chi connectivity index (χ2n) is 5.88. The third-order valence-corrected chi connectivity index (χ3v) is 3.97. The van der Waals surface area contributed by atoms with Gasteiger partial charge >= 0.3 is 12.0 Å². The number of rotatable bonds is 7. The average Bonchev–Trinajstić information content (AvgIpc) is 2.42. The second-order valence-corrected chi connectivity index (χ2v) is 5.88. The van der Waals surface area contributed by atoms with Gasteiger partial charge in [-0.25, -0.2) is 9.59 Å². The summed E-state index contributed by atoms with van der Waals surface area (Å²) in [7, 11) is 0. The van der Waals surface area contributed by atoms with Crippen LogP contribution < -0.4 is 16.4 Å². The lowest BCUT2D eigenvalue weighted by Gasteiger charge is -2.26. The Balaban J connectivity index is 2.29. The summed E-state index contributed by atoms with van der Waals surface area (Å²) in [5, 5.41) is 14.1. The molecule has 0 bridgehead atoms. The lowest BCUT2D eigenvalue weighted by atomic mass is 9.83. The number of carboxylic acids is 1. The van der Waals surface area contributed by atoms with E-state index in [-0.39, 0.29) is 12.8 Å². The Morgan fingerprint density at radius 3 is 2.38 bits per heavy atom. The Morgan fingerprint density at radius 1 is 1.24 bits per heavy atom. The molecular weight excluding hydrogens is 274 g/mol. The average molecular weight is 299 g/mol. The molecule has 1 aliphatic carbocycles. The van der Waals surface area contributed by atoms with Crippen molar-refractivity contribution in [3.63, 3.8) is 0 Å². The van der Waals surface area contributed by atoms with Crippen LogP contribution in [0, 0.1) is 11.8 Å². The molecule has 120 valence electrons. The summed E-state index contributed by atoms with van der Waals surface area (Å²) in [6.45, 7) is 2.78. The topological polar surface area (TPSA) is 122 Å². The number of urea groups is 1. The molecule has 7 heteroatoms. The van der Waals surface area contributed by atoms with Crippen LogP contribution in [0.4, 0.5) is 4.79 Å². The van der Waals surface area contributed by atoms with Gasteiger partial charge in [-0.2, -0.15) is 0 Å². The number of nitrogens with two attached hydrogens (primary N) is 1. The van der Waals surface area contributed by atoms with Gasteiger partial charge in [0.1, 0.15) is 6.04 Å². The van der Waals surface area contributed by atoms with Crippen molar-refractivity contribution in [2.45, 2.75) is 51.5 Å². The van der Waals surface area contributed by atoms with Crippen molar-refractivity contribution in [3.05, 3.63) is 0 Å². The van der Waals surface area contributed by atoms with E-state index in [9.17, 15) is 14.4 Å². The molecule has 0 saturated heterocycles. The van der Waals surface area contributed by atoms with Crippen LogP contribution in [-0.2, 0) is 9.59 Å². The number of carbonyl (C=O) groups is 3. The van der Waals surface area contributed by atoms with E-state index in [2.05, 4.69) is 17.6 Å². The van der Waals surface area contributed by atoms with Gasteiger partial charge in [0.2, 0.25) is 5.91 Å². The predicted molar refractivity (Wildman–Crippen MR) is 77.5 cm³/mol. The minimum Gasteiger partial charge on any atom is -0.480 e. The molecular formula is C14H25N3O4. The van der Waals surface area contributed by atoms with Crippen molar-refractivity contribution in [1.29, 1.82) is 0 Å². The smallest absolute Gasteiger partial charge is 0.326 e. The largest absolute Gasteiger partial charge is 0.480 e. The summed E-state index contributed by atoms with van der Waals surface area (Å²) in [6, 6.07) is -1.60. The molecule has 5 N–H and O–H groups in total. The maximum absolute atomic E-state index is 11.7. The molecule has 0 radical (unpaired) electrons. The first kappa shape index (κ1) is 17.3. The number of aliphatic carboxylic acids is 1. The summed E-state index contributed by atoms with van der Waals surface area (Å²) in [4.78, 5) is 33.4. The first-order valence-electron chi connectivity index (χ1n) is 7.44. The molecule has 1 atom stereocenters. The maximum Gasteiger partial charge on any atom is 0.326 e. The van der Waals surface area contributed by atoms with Crippen molar-refractivity contribution in [2.24, 2.45) is 17.6 Å². The van der Waals surface area contributed by atoms with Crippen LogP contribution >= 0.6 is 0 Å². The summed E-state index contributed by atoms with van der Waals surface area (Å²) in [5.74, 6) is -0.543. The molecule has 3 amide bonds. The van der Waals surface area contributed by atoms with Gasteiger partial charge < -0.3 is 21.5 Å². The van der Waals surface area contributed by atoms with E-state index in [1.54, 1.807) is 0 Å². The van der Waals surface area contributed by atoms with Crippen LogP contribution in [0.2, 0.25) is 0 Å². The van der Waals surface area contributed by atoms with Crippen LogP contribution in [0.15, 0.2) is 0 Å². The van der Waals surface area contributed by atoms with Gasteiger partial charge in [0.25, 0.3) is 0 Å². The normalized spacial score (nSPS) is 23.1. The highest BCUT2D eigenvalue weighted by Gasteiger charge is 2.22. The van der Waals surface area contributed by atoms with Crippen molar-refractivity contribution in [3.8, 4) is 0 Å². The third kappa shape index (κ3) is 6.97. The van der Waals surface area contributed by atoms with Crippen molar-refractivity contribution < 1.29 is 19.5 Å². The van der Waals surface area contributed by atoms with Gasteiger partial charge in [-0.05, 0) is 31.1 Å². The quantitative estimate of drug-likeness (QED) is 0.556. The number of hydrogen-bond donors (Lipinski definition) is 4. The molecule has 0 aromatic heterocycles. The molecule has 0 aromatic rings. The van der Waals surface area contributed by atoms with Gasteiger partial charge in [0, 0.05) is 13.0 Å². The number of nitrogens with one attached hydrogen (secondary N) is 2. The Hall–Kier alpha value is -1.79. The van der Waals surface area contributed by atoms with Crippen molar-refractivity contribution in [2.75, 3.05) is 6.54 Å². The maximum atomic E-state index is 11.7. The Bertz CT molecular complexity index is 378. The standard InChI is InChI=1S/C14H25N3O4/c1-9-2-4-10(5-3-9)8-16-14(21)17-11(13(19)20)6-7-12(15)18/h9-11H,2-8H2,1H3,(H2,15,18)(H,19,20)(H2,16,17,21)/t9?,10?,11-/m0/s1. The van der Waals surface area contributed by atoms with E-state index in [1.165, 1.54) is 12.8 Å². The molecule has 0 aliphatic heterocycles. The summed E-state index contributed by atoms with van der Waals surface area (Å²) in [6.07, 6.45) is 4.45. The van der Waals surface area contributed by atoms with Crippen molar-refractivity contribution in [1.82, 2.24) is 10.6 Å². The highest BCUT2D eigenvalue weighted by Crippen LogP contribution is 2.27. The number of amides is 3. The molecule has 21 heavy (non-hydrogen) atoms. The first-order valence-corrected chi connectivity index (χ1v) is 7.44. The van der Waals surface area contributed by atoms with Gasteiger partial charge in [-0.15, -0.1) is 0 Å². The lowest BCUT2D eigenvalue weighted by Crippen LogP contribution is -2.47. The fraction of sp³-hybridized carbons (Fsp3) is 0.786. The Kier molecular flexibility index (Phi) is 6.98. The van der Waals surface area contributed by atoms with E-state index in [0.717, 1.165) is 18.8 Å². The number of hydrogen-bond acceptors (Lipinski definition) is 3. The minimum atomic E-state index is -1.17. The summed E-state index contributed by atoms with van der Waals surface area (Å²) in [5.41, 5.74) is 4.98. The van der Waals surface area contributed by atoms with E-state index in [4.69, 9.17) is 10.8 Å². The molecule has 1 aliphatic rings. The zero-order chi connectivity index (χ0) is 15.8. The van der Waals surface area contributed by atoms with E-state index < -0.39 is 23.9 Å². The number of carboxylic acid groups (broad SMARTS) is 1. The third-order valence-electron chi connectivity index (χ3n) is 3.97. The van der Waals surface area contributed by atoms with Gasteiger partial charge in [0.05, 0.1) is 0 Å². The van der Waals surface area contributed by atoms with Crippen molar-refractivity contribution >= 4 is 17.9 Å². The van der Waals surface area contributed by atoms with E-state index >= 15 is 0 Å². The van der Waals surface area contributed by atoms with Crippen LogP contribution in [-0.4, -0.2) is 35.6 Å². The van der Waals surface area contributed by atoms with Crippen LogP contribution in [0.5, 0.6) is 0 Å². The molecule has 0 spiro atoms. The monoisotopic (exact) mass is 299 g/mol. The van der Waals surface area contributed by atoms with Gasteiger partial charge in [-0.3, -0.25) is 4.79 Å². The Morgan fingerprint density at radius 2 is 1.86 bits per heavy atom. The minimum absolute atomic E-state index is 0.000962. The SMILES string of the molecule is CC1CCC(CNC(=O)N[C@@H](CCC(N)=O)C(=O)O)CC1. The fourth-order valence-electron chi connectivity index (χ4n) is 2.52. The van der Waals surface area contributed by atoms with Gasteiger partial charge in [-0.1, -0.05) is 19.8 Å². The highest BCUT2D eigenvalue weighted by molar-refractivity contribution is 5.83. The van der Waals surface area contributed by atoms with Crippen LogP contribution in [0.25, 0.3) is 0 Å². The van der Waals surface area contributed by atoms with Crippen LogP contribution in [0.1, 0.15) is 45.4 Å². The molecule has 1 fully saturated rings. The first-order chi connectivity index (χ1) is 9.88. The van der Waals surface area contributed by atoms with E-state index in [0.29, 0.717) is 12.5 Å². The summed E-state index contributed by atoms with van der Waals surface area (Å²) < 4.78 is 0. The highest BCUT2D eigenvalue weighted by atomic mass is 16.4. The van der Waals surface area contributed by atoms with Gasteiger partial charge in [0.15, 0.2) is 0 Å². The zero-order valence-electron chi connectivity index (χ0n) is 12.4. The number of carbonyl (C=O) groups excluding carboxylic acids is 2. The molecule has 1 saturated carbocycles. The summed E-state index contributed by atoms with van der Waals surface area (Å²) >= 11 is 0.